The van der Waals surface area contributed by atoms with Crippen molar-refractivity contribution in [2.24, 2.45) is 0 Å². The number of thioether (sulfide) groups is 1. The van der Waals surface area contributed by atoms with E-state index in [1.807, 2.05) is 12.1 Å². The van der Waals surface area contributed by atoms with Crippen molar-refractivity contribution in [3.8, 4) is 0 Å². The molecule has 4 nitrogen and oxygen atoms in total. The zero-order valence-corrected chi connectivity index (χ0v) is 14.1. The van der Waals surface area contributed by atoms with E-state index in [4.69, 9.17) is 0 Å². The van der Waals surface area contributed by atoms with E-state index in [2.05, 4.69) is 17.4 Å². The number of hydrogen-bond acceptors (Lipinski definition) is 4. The van der Waals surface area contributed by atoms with Gasteiger partial charge in [-0.25, -0.2) is 8.42 Å². The minimum Gasteiger partial charge on any atom is -0.349 e. The number of sulfone groups is 1. The number of rotatable bonds is 4. The third-order valence-electron chi connectivity index (χ3n) is 4.35. The number of hydrogen-bond donors (Lipinski definition) is 1. The second-order valence-electron chi connectivity index (χ2n) is 6.05. The molecule has 120 valence electrons. The number of benzene rings is 1. The van der Waals surface area contributed by atoms with Gasteiger partial charge in [-0.2, -0.15) is 0 Å². The normalized spacial score (nSPS) is 26.4. The molecular formula is C16H21NO3S2. The summed E-state index contributed by atoms with van der Waals surface area (Å²) in [5, 5.41) is 3.19. The Morgan fingerprint density at radius 1 is 1.27 bits per heavy atom. The lowest BCUT2D eigenvalue weighted by Crippen LogP contribution is -2.32. The number of fused-ring (bicyclic) bond motifs is 1. The molecule has 1 amide bonds. The van der Waals surface area contributed by atoms with Crippen LogP contribution in [0.5, 0.6) is 0 Å². The van der Waals surface area contributed by atoms with Gasteiger partial charge in [-0.3, -0.25) is 4.79 Å². The maximum absolute atomic E-state index is 12.2. The highest BCUT2D eigenvalue weighted by atomic mass is 32.2. The molecule has 1 aliphatic carbocycles. The summed E-state index contributed by atoms with van der Waals surface area (Å²) in [6.45, 7) is 0. The first-order chi connectivity index (χ1) is 10.5. The van der Waals surface area contributed by atoms with Crippen LogP contribution in [0.2, 0.25) is 0 Å². The molecule has 0 radical (unpaired) electrons. The quantitative estimate of drug-likeness (QED) is 0.912. The molecule has 3 rings (SSSR count). The van der Waals surface area contributed by atoms with Crippen molar-refractivity contribution >= 4 is 27.5 Å². The van der Waals surface area contributed by atoms with Gasteiger partial charge in [0.05, 0.1) is 23.3 Å². The van der Waals surface area contributed by atoms with Crippen molar-refractivity contribution in [3.05, 3.63) is 35.4 Å². The van der Waals surface area contributed by atoms with Crippen molar-refractivity contribution in [1.82, 2.24) is 5.32 Å². The van der Waals surface area contributed by atoms with E-state index in [1.54, 1.807) is 0 Å². The van der Waals surface area contributed by atoms with Crippen LogP contribution in [0.3, 0.4) is 0 Å². The molecule has 1 aromatic rings. The SMILES string of the molecule is O=C(CS[C@@H]1CCS(=O)(=O)C1)N[C@@H]1CCCc2ccccc21. The molecule has 1 aliphatic heterocycles. The molecule has 1 saturated heterocycles. The maximum Gasteiger partial charge on any atom is 0.230 e. The van der Waals surface area contributed by atoms with Crippen LogP contribution >= 0.6 is 11.8 Å². The van der Waals surface area contributed by atoms with Crippen LogP contribution in [0.4, 0.5) is 0 Å². The smallest absolute Gasteiger partial charge is 0.230 e. The van der Waals surface area contributed by atoms with Crippen molar-refractivity contribution in [3.63, 3.8) is 0 Å². The summed E-state index contributed by atoms with van der Waals surface area (Å²) in [6, 6.07) is 8.38. The van der Waals surface area contributed by atoms with Crippen LogP contribution < -0.4 is 5.32 Å². The Hall–Kier alpha value is -1.01. The molecule has 2 aliphatic rings. The Labute approximate surface area is 136 Å². The molecule has 6 heteroatoms. The van der Waals surface area contributed by atoms with Crippen LogP contribution in [0.1, 0.15) is 36.4 Å². The van der Waals surface area contributed by atoms with Crippen molar-refractivity contribution in [2.45, 2.75) is 37.0 Å². The molecular weight excluding hydrogens is 318 g/mol. The molecule has 0 saturated carbocycles. The number of amides is 1. The summed E-state index contributed by atoms with van der Waals surface area (Å²) in [5.41, 5.74) is 2.56. The third-order valence-corrected chi connectivity index (χ3v) is 7.63. The summed E-state index contributed by atoms with van der Waals surface area (Å²) < 4.78 is 22.9. The largest absolute Gasteiger partial charge is 0.349 e. The van der Waals surface area contributed by atoms with Crippen molar-refractivity contribution < 1.29 is 13.2 Å². The fraction of sp³-hybridized carbons (Fsp3) is 0.562. The van der Waals surface area contributed by atoms with Gasteiger partial charge in [0.1, 0.15) is 0 Å². The molecule has 1 heterocycles. The fourth-order valence-electron chi connectivity index (χ4n) is 3.23. The minimum absolute atomic E-state index is 0.0102. The Kier molecular flexibility index (Phi) is 4.78. The summed E-state index contributed by atoms with van der Waals surface area (Å²) in [7, 11) is -2.86. The Morgan fingerprint density at radius 2 is 2.09 bits per heavy atom. The second kappa shape index (κ2) is 6.62. The van der Waals surface area contributed by atoms with Gasteiger partial charge in [0.25, 0.3) is 0 Å². The highest BCUT2D eigenvalue weighted by molar-refractivity contribution is 8.02. The highest BCUT2D eigenvalue weighted by Gasteiger charge is 2.29. The van der Waals surface area contributed by atoms with Crippen LogP contribution in [0.15, 0.2) is 24.3 Å². The van der Waals surface area contributed by atoms with Crippen molar-refractivity contribution in [1.29, 1.82) is 0 Å². The maximum atomic E-state index is 12.2. The predicted molar refractivity (Wildman–Crippen MR) is 89.8 cm³/mol. The number of aryl methyl sites for hydroxylation is 1. The molecule has 0 unspecified atom stereocenters. The van der Waals surface area contributed by atoms with E-state index in [0.717, 1.165) is 19.3 Å². The Balaban J connectivity index is 1.53. The highest BCUT2D eigenvalue weighted by Crippen LogP contribution is 2.30. The van der Waals surface area contributed by atoms with Gasteiger partial charge < -0.3 is 5.32 Å². The van der Waals surface area contributed by atoms with E-state index in [9.17, 15) is 13.2 Å². The summed E-state index contributed by atoms with van der Waals surface area (Å²) >= 11 is 1.47. The zero-order chi connectivity index (χ0) is 15.6. The van der Waals surface area contributed by atoms with E-state index in [1.165, 1.54) is 22.9 Å². The standard InChI is InChI=1S/C16H21NO3S2/c18-16(10-21-13-8-9-22(19,20)11-13)17-15-7-3-5-12-4-1-2-6-14(12)15/h1-2,4,6,13,15H,3,5,7-11H2,(H,17,18)/t13-,15-/m1/s1. The predicted octanol–water partition coefficient (Wildman–Crippen LogP) is 2.10. The van der Waals surface area contributed by atoms with E-state index in [0.29, 0.717) is 12.2 Å². The van der Waals surface area contributed by atoms with Gasteiger partial charge >= 0.3 is 0 Å². The lowest BCUT2D eigenvalue weighted by atomic mass is 9.88. The number of carbonyl (C=O) groups is 1. The first-order valence-electron chi connectivity index (χ1n) is 7.73. The Bertz CT molecular complexity index is 657. The minimum atomic E-state index is -2.86. The van der Waals surface area contributed by atoms with Gasteiger partial charge in [0.15, 0.2) is 9.84 Å². The fourth-order valence-corrected chi connectivity index (χ4v) is 6.68. The van der Waals surface area contributed by atoms with Crippen LogP contribution in [0.25, 0.3) is 0 Å². The lowest BCUT2D eigenvalue weighted by Gasteiger charge is -2.26. The monoisotopic (exact) mass is 339 g/mol. The topological polar surface area (TPSA) is 63.2 Å². The van der Waals surface area contributed by atoms with Crippen LogP contribution in [-0.2, 0) is 21.1 Å². The van der Waals surface area contributed by atoms with E-state index in [-0.39, 0.29) is 28.7 Å². The summed E-state index contributed by atoms with van der Waals surface area (Å²) in [6.07, 6.45) is 3.82. The Morgan fingerprint density at radius 3 is 2.86 bits per heavy atom. The second-order valence-corrected chi connectivity index (χ2v) is 9.56. The summed E-state index contributed by atoms with van der Waals surface area (Å²) in [4.78, 5) is 12.2. The lowest BCUT2D eigenvalue weighted by molar-refractivity contribution is -0.119. The molecule has 0 aromatic heterocycles. The van der Waals surface area contributed by atoms with E-state index >= 15 is 0 Å². The first-order valence-corrected chi connectivity index (χ1v) is 10.6. The van der Waals surface area contributed by atoms with Gasteiger partial charge in [0.2, 0.25) is 5.91 Å². The number of nitrogens with one attached hydrogen (secondary N) is 1. The molecule has 0 spiro atoms. The van der Waals surface area contributed by atoms with Gasteiger partial charge in [-0.1, -0.05) is 24.3 Å². The third kappa shape index (κ3) is 3.84. The molecule has 2 atom stereocenters. The first kappa shape index (κ1) is 15.9. The van der Waals surface area contributed by atoms with Gasteiger partial charge in [-0.15, -0.1) is 11.8 Å². The van der Waals surface area contributed by atoms with Gasteiger partial charge in [0, 0.05) is 5.25 Å². The molecule has 1 fully saturated rings. The molecule has 1 N–H and O–H groups in total. The molecule has 22 heavy (non-hydrogen) atoms. The average molecular weight is 339 g/mol. The van der Waals surface area contributed by atoms with Crippen molar-refractivity contribution in [2.75, 3.05) is 17.3 Å². The van der Waals surface area contributed by atoms with E-state index < -0.39 is 9.84 Å². The summed E-state index contributed by atoms with van der Waals surface area (Å²) in [5.74, 6) is 0.842. The van der Waals surface area contributed by atoms with Crippen LogP contribution in [0, 0.1) is 0 Å². The zero-order valence-electron chi connectivity index (χ0n) is 12.5. The van der Waals surface area contributed by atoms with Gasteiger partial charge in [-0.05, 0) is 36.8 Å². The average Bonchev–Trinajstić information content (AvgIpc) is 2.85. The number of carbonyl (C=O) groups excluding carboxylic acids is 1. The molecule has 1 aromatic carbocycles. The molecule has 0 bridgehead atoms. The van der Waals surface area contributed by atoms with Crippen LogP contribution in [-0.4, -0.2) is 36.8 Å².